The molecular formula is C24H29N5O. The number of nitrogens with one attached hydrogen (secondary N) is 2. The zero-order chi connectivity index (χ0) is 20.5. The Balaban J connectivity index is 1.23. The number of H-pyrrole nitrogens is 1. The molecule has 2 aromatic heterocycles. The van der Waals surface area contributed by atoms with Crippen molar-refractivity contribution in [3.63, 3.8) is 0 Å². The molecule has 2 aliphatic rings. The summed E-state index contributed by atoms with van der Waals surface area (Å²) in [6, 6.07) is 6.03. The fourth-order valence-electron chi connectivity index (χ4n) is 4.71. The molecule has 156 valence electrons. The zero-order valence-corrected chi connectivity index (χ0v) is 17.2. The molecule has 4 N–H and O–H groups in total. The number of rotatable bonds is 7. The molecule has 6 heteroatoms. The molecule has 1 aromatic carbocycles. The Bertz CT molecular complexity index is 1070. The van der Waals surface area contributed by atoms with Crippen LogP contribution in [0.3, 0.4) is 0 Å². The van der Waals surface area contributed by atoms with Crippen LogP contribution in [-0.4, -0.2) is 26.7 Å². The van der Waals surface area contributed by atoms with E-state index in [0.29, 0.717) is 17.5 Å². The van der Waals surface area contributed by atoms with Gasteiger partial charge in [0.05, 0.1) is 6.20 Å². The lowest BCUT2D eigenvalue weighted by molar-refractivity contribution is 0.100. The summed E-state index contributed by atoms with van der Waals surface area (Å²) in [5, 5.41) is 9.16. The third-order valence-electron chi connectivity index (χ3n) is 6.73. The van der Waals surface area contributed by atoms with Crippen molar-refractivity contribution in [3.05, 3.63) is 65.8 Å². The van der Waals surface area contributed by atoms with Crippen molar-refractivity contribution in [1.29, 1.82) is 0 Å². The predicted molar refractivity (Wildman–Crippen MR) is 118 cm³/mol. The Morgan fingerprint density at radius 2 is 2.20 bits per heavy atom. The minimum atomic E-state index is -0.388. The van der Waals surface area contributed by atoms with Gasteiger partial charge in [-0.05, 0) is 73.5 Å². The summed E-state index contributed by atoms with van der Waals surface area (Å²) in [5.41, 5.74) is 9.62. The van der Waals surface area contributed by atoms with Crippen LogP contribution in [0.25, 0.3) is 10.9 Å². The van der Waals surface area contributed by atoms with Crippen molar-refractivity contribution in [2.24, 2.45) is 11.7 Å². The highest BCUT2D eigenvalue weighted by atomic mass is 16.1. The number of allylic oxidation sites excluding steroid dienone is 1. The first kappa shape index (κ1) is 19.0. The van der Waals surface area contributed by atoms with Gasteiger partial charge in [-0.25, -0.2) is 0 Å². The number of aryl methyl sites for hydroxylation is 1. The van der Waals surface area contributed by atoms with E-state index >= 15 is 0 Å². The summed E-state index contributed by atoms with van der Waals surface area (Å²) in [7, 11) is 0. The monoisotopic (exact) mass is 403 g/mol. The highest BCUT2D eigenvalue weighted by Crippen LogP contribution is 2.33. The largest absolute Gasteiger partial charge is 0.388 e. The SMILES string of the molecule is NC(=O)c1ccc2[nH]cc(C3C=CNC(CCc4cnn(CC5CCC5)c4)C3)c2c1. The summed E-state index contributed by atoms with van der Waals surface area (Å²) in [4.78, 5) is 14.9. The van der Waals surface area contributed by atoms with Crippen LogP contribution in [0.2, 0.25) is 0 Å². The average molecular weight is 404 g/mol. The molecular weight excluding hydrogens is 374 g/mol. The van der Waals surface area contributed by atoms with Crippen molar-refractivity contribution in [2.75, 3.05) is 0 Å². The number of aromatic nitrogens is 3. The molecule has 2 atom stereocenters. The number of primary amides is 1. The van der Waals surface area contributed by atoms with Crippen LogP contribution in [0.1, 0.15) is 59.5 Å². The van der Waals surface area contributed by atoms with E-state index in [9.17, 15) is 4.79 Å². The smallest absolute Gasteiger partial charge is 0.248 e. The first-order chi connectivity index (χ1) is 14.7. The Hall–Kier alpha value is -3.02. The minimum Gasteiger partial charge on any atom is -0.388 e. The second-order valence-corrected chi connectivity index (χ2v) is 8.84. The van der Waals surface area contributed by atoms with Crippen LogP contribution in [0.5, 0.6) is 0 Å². The van der Waals surface area contributed by atoms with Gasteiger partial charge in [0.25, 0.3) is 0 Å². The molecule has 1 saturated carbocycles. The number of fused-ring (bicyclic) bond motifs is 1. The predicted octanol–water partition coefficient (Wildman–Crippen LogP) is 3.86. The quantitative estimate of drug-likeness (QED) is 0.560. The van der Waals surface area contributed by atoms with Gasteiger partial charge in [-0.15, -0.1) is 0 Å². The van der Waals surface area contributed by atoms with Gasteiger partial charge in [0.2, 0.25) is 5.91 Å². The van der Waals surface area contributed by atoms with Crippen LogP contribution in [0.4, 0.5) is 0 Å². The minimum absolute atomic E-state index is 0.314. The van der Waals surface area contributed by atoms with E-state index in [2.05, 4.69) is 44.8 Å². The maximum absolute atomic E-state index is 11.6. The van der Waals surface area contributed by atoms with Gasteiger partial charge < -0.3 is 16.0 Å². The van der Waals surface area contributed by atoms with Crippen molar-refractivity contribution in [3.8, 4) is 0 Å². The van der Waals surface area contributed by atoms with E-state index in [0.717, 1.165) is 42.6 Å². The molecule has 6 nitrogen and oxygen atoms in total. The van der Waals surface area contributed by atoms with E-state index in [1.807, 2.05) is 18.3 Å². The van der Waals surface area contributed by atoms with E-state index < -0.39 is 0 Å². The summed E-state index contributed by atoms with van der Waals surface area (Å²) in [6.07, 6.45) is 17.8. The molecule has 0 spiro atoms. The lowest BCUT2D eigenvalue weighted by Crippen LogP contribution is -2.30. The first-order valence-electron chi connectivity index (χ1n) is 11.0. The molecule has 5 rings (SSSR count). The number of aromatic amines is 1. The Labute approximate surface area is 176 Å². The third-order valence-corrected chi connectivity index (χ3v) is 6.73. The maximum Gasteiger partial charge on any atom is 0.248 e. The van der Waals surface area contributed by atoms with Gasteiger partial charge in [0, 0.05) is 47.4 Å². The molecule has 1 aliphatic carbocycles. The van der Waals surface area contributed by atoms with Crippen molar-refractivity contribution < 1.29 is 4.79 Å². The van der Waals surface area contributed by atoms with Crippen LogP contribution in [-0.2, 0) is 13.0 Å². The number of amides is 1. The fraction of sp³-hybridized carbons (Fsp3) is 0.417. The van der Waals surface area contributed by atoms with E-state index in [1.54, 1.807) is 6.07 Å². The van der Waals surface area contributed by atoms with Gasteiger partial charge in [0.1, 0.15) is 0 Å². The standard InChI is InChI=1S/C24H29N5O/c25-24(30)19-5-7-23-21(11-19)22(13-27-23)18-8-9-26-20(10-18)6-4-17-12-28-29(15-17)14-16-2-1-3-16/h5,7-9,11-13,15-16,18,20,26-27H,1-4,6,10,14H2,(H2,25,30). The second kappa shape index (κ2) is 8.01. The van der Waals surface area contributed by atoms with Crippen LogP contribution >= 0.6 is 0 Å². The maximum atomic E-state index is 11.6. The lowest BCUT2D eigenvalue weighted by Gasteiger charge is -2.26. The summed E-state index contributed by atoms with van der Waals surface area (Å²) < 4.78 is 2.12. The number of benzene rings is 1. The van der Waals surface area contributed by atoms with Gasteiger partial charge in [0.15, 0.2) is 0 Å². The molecule has 3 heterocycles. The normalized spacial score (nSPS) is 21.5. The molecule has 30 heavy (non-hydrogen) atoms. The number of nitrogens with zero attached hydrogens (tertiary/aromatic N) is 2. The Kier molecular flexibility index (Phi) is 5.07. The van der Waals surface area contributed by atoms with Crippen LogP contribution < -0.4 is 11.1 Å². The lowest BCUT2D eigenvalue weighted by atomic mass is 9.85. The van der Waals surface area contributed by atoms with Gasteiger partial charge in [-0.3, -0.25) is 9.48 Å². The van der Waals surface area contributed by atoms with E-state index in [1.165, 1.54) is 30.4 Å². The number of carbonyl (C=O) groups excluding carboxylic acids is 1. The highest BCUT2D eigenvalue weighted by Gasteiger charge is 2.22. The Morgan fingerprint density at radius 3 is 3.00 bits per heavy atom. The molecule has 0 bridgehead atoms. The van der Waals surface area contributed by atoms with Gasteiger partial charge >= 0.3 is 0 Å². The summed E-state index contributed by atoms with van der Waals surface area (Å²) >= 11 is 0. The molecule has 3 aromatic rings. The van der Waals surface area contributed by atoms with Crippen molar-refractivity contribution in [1.82, 2.24) is 20.1 Å². The second-order valence-electron chi connectivity index (χ2n) is 8.84. The van der Waals surface area contributed by atoms with Crippen molar-refractivity contribution in [2.45, 2.75) is 57.0 Å². The summed E-state index contributed by atoms with van der Waals surface area (Å²) in [6.45, 7) is 1.07. The van der Waals surface area contributed by atoms with Gasteiger partial charge in [-0.2, -0.15) is 5.10 Å². The molecule has 0 saturated heterocycles. The van der Waals surface area contributed by atoms with Crippen LogP contribution in [0, 0.1) is 5.92 Å². The third kappa shape index (κ3) is 3.86. The number of carbonyl (C=O) groups is 1. The number of hydrogen-bond donors (Lipinski definition) is 3. The first-order valence-corrected chi connectivity index (χ1v) is 11.0. The van der Waals surface area contributed by atoms with Gasteiger partial charge in [-0.1, -0.05) is 12.5 Å². The highest BCUT2D eigenvalue weighted by molar-refractivity contribution is 5.98. The van der Waals surface area contributed by atoms with Crippen molar-refractivity contribution >= 4 is 16.8 Å². The molecule has 2 unspecified atom stereocenters. The Morgan fingerprint density at radius 1 is 1.30 bits per heavy atom. The molecule has 0 radical (unpaired) electrons. The van der Waals surface area contributed by atoms with Crippen LogP contribution in [0.15, 0.2) is 49.1 Å². The number of hydrogen-bond acceptors (Lipinski definition) is 3. The topological polar surface area (TPSA) is 88.7 Å². The average Bonchev–Trinajstić information content (AvgIpc) is 3.35. The molecule has 1 aliphatic heterocycles. The summed E-state index contributed by atoms with van der Waals surface area (Å²) in [5.74, 6) is 0.755. The molecule has 1 fully saturated rings. The number of nitrogens with two attached hydrogens (primary N) is 1. The van der Waals surface area contributed by atoms with E-state index in [4.69, 9.17) is 5.73 Å². The zero-order valence-electron chi connectivity index (χ0n) is 17.2. The fourth-order valence-corrected chi connectivity index (χ4v) is 4.71. The van der Waals surface area contributed by atoms with E-state index in [-0.39, 0.29) is 5.91 Å². The molecule has 1 amide bonds.